The van der Waals surface area contributed by atoms with Crippen LogP contribution in [0, 0.1) is 0 Å². The third kappa shape index (κ3) is 2.93. The van der Waals surface area contributed by atoms with Gasteiger partial charge >= 0.3 is 0 Å². The lowest BCUT2D eigenvalue weighted by molar-refractivity contribution is 0.0944. The van der Waals surface area contributed by atoms with Crippen LogP contribution in [-0.4, -0.2) is 36.2 Å². The van der Waals surface area contributed by atoms with Gasteiger partial charge in [0.2, 0.25) is 0 Å². The van der Waals surface area contributed by atoms with Crippen molar-refractivity contribution in [2.24, 2.45) is 10.9 Å². The minimum atomic E-state index is -0.513. The summed E-state index contributed by atoms with van der Waals surface area (Å²) in [6, 6.07) is 4.43. The van der Waals surface area contributed by atoms with E-state index in [2.05, 4.69) is 10.5 Å². The fourth-order valence-electron chi connectivity index (χ4n) is 1.88. The molecule has 0 bridgehead atoms. The highest BCUT2D eigenvalue weighted by Crippen LogP contribution is 2.30. The zero-order chi connectivity index (χ0) is 14.5. The second-order valence-electron chi connectivity index (χ2n) is 4.32. The number of benzene rings is 1. The minimum absolute atomic E-state index is 0.0293. The van der Waals surface area contributed by atoms with Crippen LogP contribution >= 0.6 is 0 Å². The summed E-state index contributed by atoms with van der Waals surface area (Å²) >= 11 is 0. The molecule has 7 nitrogen and oxygen atoms in total. The number of amidine groups is 1. The number of hydrogen-bond acceptors (Lipinski definition) is 5. The first-order valence-corrected chi connectivity index (χ1v) is 6.33. The van der Waals surface area contributed by atoms with Crippen LogP contribution in [0.4, 0.5) is 0 Å². The van der Waals surface area contributed by atoms with Gasteiger partial charge in [0.05, 0.1) is 6.04 Å². The summed E-state index contributed by atoms with van der Waals surface area (Å²) in [4.78, 5) is 12.1. The molecule has 4 N–H and O–H groups in total. The molecule has 1 aromatic rings. The number of oxime groups is 1. The summed E-state index contributed by atoms with van der Waals surface area (Å²) in [5, 5.41) is 14.3. The zero-order valence-corrected chi connectivity index (χ0v) is 11.1. The number of nitrogens with one attached hydrogen (secondary N) is 1. The summed E-state index contributed by atoms with van der Waals surface area (Å²) in [5.74, 6) is 0.816. The van der Waals surface area contributed by atoms with Gasteiger partial charge in [-0.15, -0.1) is 0 Å². The largest absolute Gasteiger partial charge is 0.486 e. The van der Waals surface area contributed by atoms with Gasteiger partial charge in [0.15, 0.2) is 17.3 Å². The Morgan fingerprint density at radius 2 is 2.15 bits per heavy atom. The van der Waals surface area contributed by atoms with E-state index in [9.17, 15) is 4.79 Å². The predicted octanol–water partition coefficient (Wildman–Crippen LogP) is 0.713. The average molecular weight is 279 g/mol. The normalized spacial score (nSPS) is 15.6. The van der Waals surface area contributed by atoms with Crippen LogP contribution < -0.4 is 20.5 Å². The van der Waals surface area contributed by atoms with Crippen LogP contribution in [-0.2, 0) is 0 Å². The molecule has 0 fully saturated rings. The fourth-order valence-corrected chi connectivity index (χ4v) is 1.88. The van der Waals surface area contributed by atoms with E-state index in [1.54, 1.807) is 18.2 Å². The number of rotatable bonds is 4. The van der Waals surface area contributed by atoms with E-state index in [1.165, 1.54) is 0 Å². The van der Waals surface area contributed by atoms with Crippen LogP contribution in [0.3, 0.4) is 0 Å². The Bertz CT molecular complexity index is 530. The summed E-state index contributed by atoms with van der Waals surface area (Å²) in [6.45, 7) is 2.78. The molecule has 0 saturated carbocycles. The lowest BCUT2D eigenvalue weighted by atomic mass is 10.1. The SMILES string of the molecule is CCC(NC(=O)c1ccc2c(c1)OCCO2)/C(N)=N/O. The van der Waals surface area contributed by atoms with E-state index in [0.717, 1.165) is 0 Å². The Labute approximate surface area is 116 Å². The highest BCUT2D eigenvalue weighted by molar-refractivity contribution is 5.98. The smallest absolute Gasteiger partial charge is 0.252 e. The molecule has 0 spiro atoms. The lowest BCUT2D eigenvalue weighted by Crippen LogP contribution is -2.44. The Hall–Kier alpha value is -2.44. The number of carbonyl (C=O) groups excluding carboxylic acids is 1. The van der Waals surface area contributed by atoms with E-state index in [4.69, 9.17) is 20.4 Å². The van der Waals surface area contributed by atoms with Gasteiger partial charge in [-0.25, -0.2) is 0 Å². The number of ether oxygens (including phenoxy) is 2. The van der Waals surface area contributed by atoms with E-state index in [0.29, 0.717) is 36.7 Å². The van der Waals surface area contributed by atoms with Crippen molar-refractivity contribution in [3.8, 4) is 11.5 Å². The van der Waals surface area contributed by atoms with Crippen LogP contribution in [0.25, 0.3) is 0 Å². The van der Waals surface area contributed by atoms with Crippen molar-refractivity contribution in [3.05, 3.63) is 23.8 Å². The van der Waals surface area contributed by atoms with E-state index < -0.39 is 6.04 Å². The highest BCUT2D eigenvalue weighted by Gasteiger charge is 2.18. The van der Waals surface area contributed by atoms with Crippen molar-refractivity contribution in [1.82, 2.24) is 5.32 Å². The monoisotopic (exact) mass is 279 g/mol. The molecule has 1 unspecified atom stereocenters. The van der Waals surface area contributed by atoms with Crippen LogP contribution in [0.5, 0.6) is 11.5 Å². The van der Waals surface area contributed by atoms with Crippen molar-refractivity contribution in [2.45, 2.75) is 19.4 Å². The summed E-state index contributed by atoms with van der Waals surface area (Å²) < 4.78 is 10.8. The van der Waals surface area contributed by atoms with Crippen LogP contribution in [0.15, 0.2) is 23.4 Å². The van der Waals surface area contributed by atoms with Gasteiger partial charge in [0, 0.05) is 5.56 Å². The number of amides is 1. The van der Waals surface area contributed by atoms with Gasteiger partial charge in [-0.05, 0) is 24.6 Å². The van der Waals surface area contributed by atoms with Gasteiger partial charge in [0.1, 0.15) is 13.2 Å². The van der Waals surface area contributed by atoms with Crippen molar-refractivity contribution >= 4 is 11.7 Å². The molecular weight excluding hydrogens is 262 g/mol. The number of nitrogens with zero attached hydrogens (tertiary/aromatic N) is 1. The predicted molar refractivity (Wildman–Crippen MR) is 72.4 cm³/mol. The molecule has 1 aliphatic heterocycles. The Balaban J connectivity index is 2.13. The molecule has 1 aromatic carbocycles. The van der Waals surface area contributed by atoms with Crippen LogP contribution in [0.1, 0.15) is 23.7 Å². The molecule has 2 rings (SSSR count). The summed E-state index contributed by atoms with van der Waals surface area (Å²) in [5.41, 5.74) is 5.93. The lowest BCUT2D eigenvalue weighted by Gasteiger charge is -2.19. The third-order valence-electron chi connectivity index (χ3n) is 2.99. The molecule has 7 heteroatoms. The third-order valence-corrected chi connectivity index (χ3v) is 2.99. The molecule has 0 radical (unpaired) electrons. The van der Waals surface area contributed by atoms with Crippen molar-refractivity contribution in [2.75, 3.05) is 13.2 Å². The van der Waals surface area contributed by atoms with E-state index in [-0.39, 0.29) is 11.7 Å². The molecule has 0 saturated heterocycles. The van der Waals surface area contributed by atoms with Gasteiger partial charge in [-0.1, -0.05) is 12.1 Å². The molecule has 20 heavy (non-hydrogen) atoms. The number of nitrogens with two attached hydrogens (primary N) is 1. The first-order valence-electron chi connectivity index (χ1n) is 6.33. The summed E-state index contributed by atoms with van der Waals surface area (Å²) in [6.07, 6.45) is 0.520. The fraction of sp³-hybridized carbons (Fsp3) is 0.385. The number of hydrogen-bond donors (Lipinski definition) is 3. The quantitative estimate of drug-likeness (QED) is 0.326. The zero-order valence-electron chi connectivity index (χ0n) is 11.1. The maximum absolute atomic E-state index is 12.1. The maximum Gasteiger partial charge on any atom is 0.252 e. The summed E-state index contributed by atoms with van der Waals surface area (Å²) in [7, 11) is 0. The van der Waals surface area contributed by atoms with Gasteiger partial charge in [-0.2, -0.15) is 0 Å². The molecular formula is C13H17N3O4. The molecule has 1 amide bonds. The molecule has 1 aliphatic rings. The second-order valence-corrected chi connectivity index (χ2v) is 4.32. The minimum Gasteiger partial charge on any atom is -0.486 e. The van der Waals surface area contributed by atoms with Crippen LogP contribution in [0.2, 0.25) is 0 Å². The molecule has 0 aromatic heterocycles. The van der Waals surface area contributed by atoms with Gasteiger partial charge in [0.25, 0.3) is 5.91 Å². The second kappa shape index (κ2) is 6.14. The van der Waals surface area contributed by atoms with Gasteiger partial charge in [-0.3, -0.25) is 4.79 Å². The molecule has 0 aliphatic carbocycles. The van der Waals surface area contributed by atoms with Crippen molar-refractivity contribution < 1.29 is 19.5 Å². The van der Waals surface area contributed by atoms with Crippen molar-refractivity contribution in [3.63, 3.8) is 0 Å². The number of carbonyl (C=O) groups is 1. The molecule has 1 atom stereocenters. The standard InChI is InChI=1S/C13H17N3O4/c1-2-9(12(14)16-18)15-13(17)8-3-4-10-11(7-8)20-6-5-19-10/h3-4,7,9,18H,2,5-6H2,1H3,(H2,14,16)(H,15,17). The van der Waals surface area contributed by atoms with E-state index in [1.807, 2.05) is 6.92 Å². The maximum atomic E-state index is 12.1. The average Bonchev–Trinajstić information content (AvgIpc) is 2.51. The Morgan fingerprint density at radius 1 is 1.45 bits per heavy atom. The Morgan fingerprint density at radius 3 is 2.80 bits per heavy atom. The van der Waals surface area contributed by atoms with Gasteiger partial charge < -0.3 is 25.7 Å². The highest BCUT2D eigenvalue weighted by atomic mass is 16.6. The Kier molecular flexibility index (Phi) is 4.29. The molecule has 108 valence electrons. The topological polar surface area (TPSA) is 106 Å². The molecule has 1 heterocycles. The first-order chi connectivity index (χ1) is 9.65. The van der Waals surface area contributed by atoms with E-state index >= 15 is 0 Å². The first kappa shape index (κ1) is 14.0. The van der Waals surface area contributed by atoms with Crippen molar-refractivity contribution in [1.29, 1.82) is 0 Å². The number of fused-ring (bicyclic) bond motifs is 1.